The molecular weight excluding hydrogens is 388 g/mol. The van der Waals surface area contributed by atoms with E-state index < -0.39 is 5.97 Å². The third-order valence-electron chi connectivity index (χ3n) is 6.05. The standard InChI is InChI=1S/C19H23BrO5/c1-23-17(22)15-3-2-14(25-15)10-24-16(21)9-18-5-12-4-13(6-18)8-19(20,7-12)11-18/h2-3,12-13H,4-11H2,1H3. The number of carbonyl (C=O) groups is 2. The molecule has 136 valence electrons. The molecule has 6 heteroatoms. The summed E-state index contributed by atoms with van der Waals surface area (Å²) < 4.78 is 15.6. The van der Waals surface area contributed by atoms with E-state index in [4.69, 9.17) is 9.15 Å². The van der Waals surface area contributed by atoms with E-state index in [0.29, 0.717) is 12.2 Å². The van der Waals surface area contributed by atoms with E-state index in [9.17, 15) is 9.59 Å². The average molecular weight is 411 g/mol. The Hall–Kier alpha value is -1.30. The van der Waals surface area contributed by atoms with E-state index >= 15 is 0 Å². The number of esters is 2. The normalized spacial score (nSPS) is 35.6. The molecular formula is C19H23BrO5. The highest BCUT2D eigenvalue weighted by atomic mass is 79.9. The number of halogens is 1. The Morgan fingerprint density at radius 1 is 1.24 bits per heavy atom. The van der Waals surface area contributed by atoms with Crippen LogP contribution in [0.4, 0.5) is 0 Å². The highest BCUT2D eigenvalue weighted by Crippen LogP contribution is 2.65. The smallest absolute Gasteiger partial charge is 0.373 e. The van der Waals surface area contributed by atoms with Crippen molar-refractivity contribution in [3.8, 4) is 0 Å². The van der Waals surface area contributed by atoms with Crippen LogP contribution in [-0.2, 0) is 20.9 Å². The molecule has 0 saturated heterocycles. The summed E-state index contributed by atoms with van der Waals surface area (Å²) in [4.78, 5) is 23.8. The maximum atomic E-state index is 12.4. The first-order chi connectivity index (χ1) is 11.9. The zero-order valence-corrected chi connectivity index (χ0v) is 16.0. The van der Waals surface area contributed by atoms with Crippen LogP contribution in [0.2, 0.25) is 0 Å². The topological polar surface area (TPSA) is 65.7 Å². The van der Waals surface area contributed by atoms with E-state index in [1.807, 2.05) is 0 Å². The van der Waals surface area contributed by atoms with Crippen LogP contribution in [0.3, 0.4) is 0 Å². The fourth-order valence-electron chi connectivity index (χ4n) is 5.72. The van der Waals surface area contributed by atoms with E-state index in [-0.39, 0.29) is 28.1 Å². The molecule has 0 aromatic carbocycles. The predicted molar refractivity (Wildman–Crippen MR) is 93.2 cm³/mol. The Bertz CT molecular complexity index is 680. The first-order valence-electron chi connectivity index (χ1n) is 8.90. The zero-order chi connectivity index (χ0) is 17.7. The minimum Gasteiger partial charge on any atom is -0.463 e. The molecule has 1 heterocycles. The number of methoxy groups -OCH3 is 1. The number of alkyl halides is 1. The number of carbonyl (C=O) groups excluding carboxylic acids is 2. The van der Waals surface area contributed by atoms with Gasteiger partial charge in [-0.2, -0.15) is 0 Å². The molecule has 1 aromatic rings. The lowest BCUT2D eigenvalue weighted by Crippen LogP contribution is -2.53. The third-order valence-corrected chi connectivity index (χ3v) is 6.98. The Balaban J connectivity index is 1.35. The van der Waals surface area contributed by atoms with Crippen molar-refractivity contribution >= 4 is 27.9 Å². The zero-order valence-electron chi connectivity index (χ0n) is 14.4. The van der Waals surface area contributed by atoms with Crippen molar-refractivity contribution in [3.05, 3.63) is 23.7 Å². The van der Waals surface area contributed by atoms with Crippen molar-refractivity contribution in [2.75, 3.05) is 7.11 Å². The van der Waals surface area contributed by atoms with E-state index in [0.717, 1.165) is 31.1 Å². The second-order valence-electron chi connectivity index (χ2n) is 8.21. The lowest BCUT2D eigenvalue weighted by Gasteiger charge is -2.60. The van der Waals surface area contributed by atoms with Crippen LogP contribution in [-0.4, -0.2) is 23.4 Å². The number of ether oxygens (including phenoxy) is 2. The van der Waals surface area contributed by atoms with Gasteiger partial charge in [0, 0.05) is 4.32 Å². The van der Waals surface area contributed by atoms with E-state index in [2.05, 4.69) is 20.7 Å². The average Bonchev–Trinajstić information content (AvgIpc) is 2.98. The Kier molecular flexibility index (Phi) is 4.21. The molecule has 0 radical (unpaired) electrons. The van der Waals surface area contributed by atoms with Crippen LogP contribution < -0.4 is 0 Å². The van der Waals surface area contributed by atoms with Crippen molar-refractivity contribution in [2.45, 2.75) is 55.9 Å². The fraction of sp³-hybridized carbons (Fsp3) is 0.684. The molecule has 0 N–H and O–H groups in total. The van der Waals surface area contributed by atoms with Gasteiger partial charge in [0.05, 0.1) is 13.5 Å². The Morgan fingerprint density at radius 2 is 1.96 bits per heavy atom. The summed E-state index contributed by atoms with van der Waals surface area (Å²) in [6.45, 7) is 0.0538. The van der Waals surface area contributed by atoms with Gasteiger partial charge in [-0.05, 0) is 67.9 Å². The second-order valence-corrected chi connectivity index (χ2v) is 9.89. The van der Waals surface area contributed by atoms with Gasteiger partial charge in [-0.15, -0.1) is 0 Å². The molecule has 4 bridgehead atoms. The summed E-state index contributed by atoms with van der Waals surface area (Å²) in [5.41, 5.74) is 0.102. The van der Waals surface area contributed by atoms with Gasteiger partial charge in [-0.3, -0.25) is 4.79 Å². The first-order valence-corrected chi connectivity index (χ1v) is 9.70. The molecule has 1 aromatic heterocycles. The van der Waals surface area contributed by atoms with Crippen molar-refractivity contribution < 1.29 is 23.5 Å². The summed E-state index contributed by atoms with van der Waals surface area (Å²) in [5, 5.41) is 0. The molecule has 5 rings (SSSR count). The molecule has 4 aliphatic rings. The van der Waals surface area contributed by atoms with Crippen molar-refractivity contribution in [1.29, 1.82) is 0 Å². The lowest BCUT2D eigenvalue weighted by molar-refractivity contribution is -0.152. The predicted octanol–water partition coefficient (Wildman–Crippen LogP) is 4.23. The summed E-state index contributed by atoms with van der Waals surface area (Å²) in [7, 11) is 1.30. The third kappa shape index (κ3) is 3.37. The second kappa shape index (κ2) is 6.15. The van der Waals surface area contributed by atoms with Crippen molar-refractivity contribution in [2.24, 2.45) is 17.3 Å². The van der Waals surface area contributed by atoms with E-state index in [1.165, 1.54) is 32.4 Å². The summed E-state index contributed by atoms with van der Waals surface area (Å²) in [5.74, 6) is 1.37. The number of rotatable bonds is 5. The van der Waals surface area contributed by atoms with E-state index in [1.54, 1.807) is 6.07 Å². The molecule has 0 amide bonds. The van der Waals surface area contributed by atoms with Crippen LogP contribution in [0.15, 0.2) is 16.5 Å². The van der Waals surface area contributed by atoms with Crippen LogP contribution in [0.1, 0.15) is 61.3 Å². The van der Waals surface area contributed by atoms with Crippen LogP contribution in [0.5, 0.6) is 0 Å². The molecule has 0 spiro atoms. The molecule has 5 nitrogen and oxygen atoms in total. The van der Waals surface area contributed by atoms with Gasteiger partial charge >= 0.3 is 11.9 Å². The van der Waals surface area contributed by atoms with Gasteiger partial charge in [0.25, 0.3) is 0 Å². The van der Waals surface area contributed by atoms with Gasteiger partial charge in [-0.25, -0.2) is 4.79 Å². The van der Waals surface area contributed by atoms with Crippen LogP contribution >= 0.6 is 15.9 Å². The lowest BCUT2D eigenvalue weighted by atomic mass is 9.49. The molecule has 0 aliphatic heterocycles. The van der Waals surface area contributed by atoms with Crippen LogP contribution in [0, 0.1) is 17.3 Å². The summed E-state index contributed by atoms with van der Waals surface area (Å²) in [6, 6.07) is 3.17. The molecule has 4 aliphatic carbocycles. The summed E-state index contributed by atoms with van der Waals surface area (Å²) in [6.07, 6.45) is 7.70. The van der Waals surface area contributed by atoms with Gasteiger partial charge in [0.15, 0.2) is 0 Å². The highest BCUT2D eigenvalue weighted by Gasteiger charge is 2.57. The fourth-order valence-corrected chi connectivity index (χ4v) is 7.23. The quantitative estimate of drug-likeness (QED) is 0.536. The molecule has 2 unspecified atom stereocenters. The first kappa shape index (κ1) is 17.1. The van der Waals surface area contributed by atoms with Crippen LogP contribution in [0.25, 0.3) is 0 Å². The number of hydrogen-bond acceptors (Lipinski definition) is 5. The minimum atomic E-state index is -0.534. The Morgan fingerprint density at radius 3 is 2.60 bits per heavy atom. The number of hydrogen-bond donors (Lipinski definition) is 0. The number of furan rings is 1. The highest BCUT2D eigenvalue weighted by molar-refractivity contribution is 9.10. The van der Waals surface area contributed by atoms with Gasteiger partial charge < -0.3 is 13.9 Å². The summed E-state index contributed by atoms with van der Waals surface area (Å²) >= 11 is 3.97. The largest absolute Gasteiger partial charge is 0.463 e. The van der Waals surface area contributed by atoms with Crippen molar-refractivity contribution in [3.63, 3.8) is 0 Å². The van der Waals surface area contributed by atoms with Gasteiger partial charge in [0.1, 0.15) is 12.4 Å². The van der Waals surface area contributed by atoms with Gasteiger partial charge in [0.2, 0.25) is 5.76 Å². The minimum absolute atomic E-state index is 0.0538. The molecule has 25 heavy (non-hydrogen) atoms. The van der Waals surface area contributed by atoms with Crippen molar-refractivity contribution in [1.82, 2.24) is 0 Å². The molecule has 4 saturated carbocycles. The maximum Gasteiger partial charge on any atom is 0.373 e. The maximum absolute atomic E-state index is 12.4. The van der Waals surface area contributed by atoms with Gasteiger partial charge in [-0.1, -0.05) is 15.9 Å². The Labute approximate surface area is 155 Å². The molecule has 2 atom stereocenters. The SMILES string of the molecule is COC(=O)c1ccc(COC(=O)CC23CC4CC(CC(Br)(C4)C2)C3)o1. The monoisotopic (exact) mass is 410 g/mol. The molecule has 4 fully saturated rings.